The SMILES string of the molecule is CC[C@@H](c1ccccc1)n1c(=O)c(NCCC(=O)OC(C)(C)C)nc2ccc(Cl)nc21. The summed E-state index contributed by atoms with van der Waals surface area (Å²) in [5.74, 6) is -0.181. The molecule has 0 spiro atoms. The van der Waals surface area contributed by atoms with E-state index in [1.165, 1.54) is 0 Å². The highest BCUT2D eigenvalue weighted by molar-refractivity contribution is 6.29. The van der Waals surface area contributed by atoms with Crippen LogP contribution in [0.5, 0.6) is 0 Å². The van der Waals surface area contributed by atoms with Crippen LogP contribution in [0.25, 0.3) is 11.2 Å². The van der Waals surface area contributed by atoms with Crippen LogP contribution in [0.4, 0.5) is 5.82 Å². The molecule has 0 fully saturated rings. The van der Waals surface area contributed by atoms with Crippen molar-refractivity contribution in [1.82, 2.24) is 14.5 Å². The number of anilines is 1. The maximum atomic E-state index is 13.4. The minimum atomic E-state index is -0.556. The first kappa shape index (κ1) is 22.7. The van der Waals surface area contributed by atoms with E-state index in [0.717, 1.165) is 5.56 Å². The number of ether oxygens (including phenoxy) is 1. The molecule has 0 bridgehead atoms. The Labute approximate surface area is 186 Å². The number of rotatable bonds is 7. The number of halogens is 1. The third kappa shape index (κ3) is 5.61. The molecule has 8 heteroatoms. The minimum Gasteiger partial charge on any atom is -0.460 e. The Bertz CT molecular complexity index is 1120. The van der Waals surface area contributed by atoms with E-state index in [1.807, 2.05) is 58.0 Å². The number of fused-ring (bicyclic) bond motifs is 1. The summed E-state index contributed by atoms with van der Waals surface area (Å²) in [4.78, 5) is 34.2. The predicted octanol–water partition coefficient (Wildman–Crippen LogP) is 4.59. The fourth-order valence-corrected chi connectivity index (χ4v) is 3.53. The van der Waals surface area contributed by atoms with Crippen LogP contribution in [0, 0.1) is 0 Å². The predicted molar refractivity (Wildman–Crippen MR) is 123 cm³/mol. The Morgan fingerprint density at radius 1 is 1.16 bits per heavy atom. The number of hydrogen-bond donors (Lipinski definition) is 1. The van der Waals surface area contributed by atoms with E-state index in [9.17, 15) is 9.59 Å². The summed E-state index contributed by atoms with van der Waals surface area (Å²) >= 11 is 6.13. The molecule has 31 heavy (non-hydrogen) atoms. The average molecular weight is 443 g/mol. The fraction of sp³-hybridized carbons (Fsp3) is 0.391. The molecule has 0 unspecified atom stereocenters. The smallest absolute Gasteiger partial charge is 0.308 e. The van der Waals surface area contributed by atoms with Gasteiger partial charge in [0.1, 0.15) is 16.3 Å². The monoisotopic (exact) mass is 442 g/mol. The molecular formula is C23H27ClN4O3. The van der Waals surface area contributed by atoms with E-state index >= 15 is 0 Å². The Morgan fingerprint density at radius 2 is 1.87 bits per heavy atom. The zero-order chi connectivity index (χ0) is 22.6. The molecule has 2 aromatic heterocycles. The van der Waals surface area contributed by atoms with Crippen molar-refractivity contribution in [3.63, 3.8) is 0 Å². The molecule has 0 amide bonds. The molecular weight excluding hydrogens is 416 g/mol. The second kappa shape index (κ2) is 9.47. The standard InChI is InChI=1S/C23H27ClN4O3/c1-5-17(15-9-7-6-8-10-15)28-21-16(11-12-18(24)27-21)26-20(22(28)30)25-14-13-19(29)31-23(2,3)4/h6-12,17H,5,13-14H2,1-4H3,(H,25,26)/t17-/m0/s1. The second-order valence-electron chi connectivity index (χ2n) is 8.21. The highest BCUT2D eigenvalue weighted by Gasteiger charge is 2.21. The van der Waals surface area contributed by atoms with E-state index in [1.54, 1.807) is 16.7 Å². The summed E-state index contributed by atoms with van der Waals surface area (Å²) in [7, 11) is 0. The molecule has 0 aliphatic rings. The van der Waals surface area contributed by atoms with Gasteiger partial charge in [0.25, 0.3) is 5.56 Å². The number of carbonyl (C=O) groups is 1. The zero-order valence-corrected chi connectivity index (χ0v) is 18.9. The molecule has 1 N–H and O–H groups in total. The van der Waals surface area contributed by atoms with Crippen molar-refractivity contribution in [2.75, 3.05) is 11.9 Å². The minimum absolute atomic E-state index is 0.116. The van der Waals surface area contributed by atoms with Gasteiger partial charge in [-0.1, -0.05) is 48.9 Å². The Kier molecular flexibility index (Phi) is 6.95. The molecule has 0 aliphatic heterocycles. The van der Waals surface area contributed by atoms with Gasteiger partial charge in [0.05, 0.1) is 12.5 Å². The lowest BCUT2D eigenvalue weighted by Crippen LogP contribution is -2.31. The average Bonchev–Trinajstić information content (AvgIpc) is 2.70. The lowest BCUT2D eigenvalue weighted by Gasteiger charge is -2.22. The van der Waals surface area contributed by atoms with Crippen molar-refractivity contribution in [2.45, 2.75) is 52.2 Å². The number of pyridine rings is 1. The number of aromatic nitrogens is 3. The van der Waals surface area contributed by atoms with E-state index in [-0.39, 0.29) is 41.5 Å². The summed E-state index contributed by atoms with van der Waals surface area (Å²) < 4.78 is 6.94. The summed E-state index contributed by atoms with van der Waals surface area (Å²) in [6.45, 7) is 7.68. The van der Waals surface area contributed by atoms with Crippen molar-refractivity contribution >= 4 is 34.6 Å². The normalized spacial score (nSPS) is 12.5. The molecule has 2 heterocycles. The van der Waals surface area contributed by atoms with Gasteiger partial charge >= 0.3 is 5.97 Å². The van der Waals surface area contributed by atoms with Gasteiger partial charge < -0.3 is 10.1 Å². The van der Waals surface area contributed by atoms with Crippen LogP contribution in [-0.2, 0) is 9.53 Å². The van der Waals surface area contributed by atoms with E-state index in [0.29, 0.717) is 17.6 Å². The largest absolute Gasteiger partial charge is 0.460 e. The zero-order valence-electron chi connectivity index (χ0n) is 18.2. The van der Waals surface area contributed by atoms with Gasteiger partial charge in [-0.15, -0.1) is 0 Å². The summed E-state index contributed by atoms with van der Waals surface area (Å²) in [6, 6.07) is 12.9. The highest BCUT2D eigenvalue weighted by Crippen LogP contribution is 2.25. The molecule has 1 aromatic carbocycles. The summed E-state index contributed by atoms with van der Waals surface area (Å²) in [5, 5.41) is 3.29. The topological polar surface area (TPSA) is 86.1 Å². The van der Waals surface area contributed by atoms with Crippen molar-refractivity contribution in [3.05, 3.63) is 63.5 Å². The third-order valence-corrected chi connectivity index (χ3v) is 4.84. The summed E-state index contributed by atoms with van der Waals surface area (Å²) in [6.07, 6.45) is 0.791. The van der Waals surface area contributed by atoms with Gasteiger partial charge in [-0.3, -0.25) is 14.2 Å². The number of nitrogens with zero attached hydrogens (tertiary/aromatic N) is 3. The maximum absolute atomic E-state index is 13.4. The number of carbonyl (C=O) groups excluding carboxylic acids is 1. The number of nitrogens with one attached hydrogen (secondary N) is 1. The molecule has 7 nitrogen and oxygen atoms in total. The molecule has 3 rings (SSSR count). The van der Waals surface area contributed by atoms with Gasteiger partial charge in [0, 0.05) is 6.54 Å². The van der Waals surface area contributed by atoms with Crippen molar-refractivity contribution in [3.8, 4) is 0 Å². The van der Waals surface area contributed by atoms with Gasteiger partial charge in [0.15, 0.2) is 11.5 Å². The second-order valence-corrected chi connectivity index (χ2v) is 8.60. The maximum Gasteiger partial charge on any atom is 0.308 e. The molecule has 164 valence electrons. The first-order valence-corrected chi connectivity index (χ1v) is 10.7. The van der Waals surface area contributed by atoms with Gasteiger partial charge in [-0.2, -0.15) is 0 Å². The van der Waals surface area contributed by atoms with Gasteiger partial charge in [-0.05, 0) is 44.9 Å². The van der Waals surface area contributed by atoms with Crippen molar-refractivity contribution in [1.29, 1.82) is 0 Å². The molecule has 1 atom stereocenters. The summed E-state index contributed by atoms with van der Waals surface area (Å²) in [5.41, 5.74) is 1.08. The van der Waals surface area contributed by atoms with Crippen LogP contribution in [0.1, 0.15) is 52.1 Å². The van der Waals surface area contributed by atoms with Crippen molar-refractivity contribution in [2.24, 2.45) is 0 Å². The van der Waals surface area contributed by atoms with Crippen molar-refractivity contribution < 1.29 is 9.53 Å². The quantitative estimate of drug-likeness (QED) is 0.425. The van der Waals surface area contributed by atoms with Crippen LogP contribution < -0.4 is 10.9 Å². The lowest BCUT2D eigenvalue weighted by molar-refractivity contribution is -0.154. The Morgan fingerprint density at radius 3 is 2.52 bits per heavy atom. The van der Waals surface area contributed by atoms with Gasteiger partial charge in [-0.25, -0.2) is 9.97 Å². The molecule has 0 radical (unpaired) electrons. The number of esters is 1. The van der Waals surface area contributed by atoms with Crippen LogP contribution >= 0.6 is 11.6 Å². The molecule has 0 aliphatic carbocycles. The van der Waals surface area contributed by atoms with E-state index in [2.05, 4.69) is 15.3 Å². The Hall–Kier alpha value is -2.93. The first-order valence-electron chi connectivity index (χ1n) is 10.3. The molecule has 0 saturated carbocycles. The third-order valence-electron chi connectivity index (χ3n) is 4.63. The first-order chi connectivity index (χ1) is 14.7. The van der Waals surface area contributed by atoms with Crippen LogP contribution in [-0.4, -0.2) is 32.7 Å². The lowest BCUT2D eigenvalue weighted by atomic mass is 10.0. The fourth-order valence-electron chi connectivity index (χ4n) is 3.38. The highest BCUT2D eigenvalue weighted by atomic mass is 35.5. The van der Waals surface area contributed by atoms with Crippen LogP contribution in [0.3, 0.4) is 0 Å². The molecule has 3 aromatic rings. The number of benzene rings is 1. The molecule has 0 saturated heterocycles. The van der Waals surface area contributed by atoms with Crippen LogP contribution in [0.2, 0.25) is 5.15 Å². The van der Waals surface area contributed by atoms with Crippen LogP contribution in [0.15, 0.2) is 47.3 Å². The van der Waals surface area contributed by atoms with Gasteiger partial charge in [0.2, 0.25) is 0 Å². The Balaban J connectivity index is 1.99. The van der Waals surface area contributed by atoms with E-state index in [4.69, 9.17) is 16.3 Å². The van der Waals surface area contributed by atoms with E-state index < -0.39 is 5.60 Å². The number of hydrogen-bond acceptors (Lipinski definition) is 6.